The normalized spacial score (nSPS) is 21.0. The molecule has 0 bridgehead atoms. The van der Waals surface area contributed by atoms with Gasteiger partial charge < -0.3 is 4.74 Å². The second-order valence-electron chi connectivity index (χ2n) is 8.17. The summed E-state index contributed by atoms with van der Waals surface area (Å²) in [7, 11) is 0. The number of aliphatic imine (C=N–C) groups is 1. The molecule has 5 heteroatoms. The molecule has 162 valence electrons. The number of nitrogens with zero attached hydrogens (tertiary/aromatic N) is 1. The van der Waals surface area contributed by atoms with Crippen LogP contribution in [0.15, 0.2) is 107 Å². The van der Waals surface area contributed by atoms with Crippen LogP contribution in [0, 0.1) is 11.7 Å². The van der Waals surface area contributed by atoms with E-state index >= 15 is 0 Å². The Morgan fingerprint density at radius 3 is 2.39 bits per heavy atom. The molecule has 0 fully saturated rings. The van der Waals surface area contributed by atoms with Gasteiger partial charge in [-0.3, -0.25) is 4.99 Å². The van der Waals surface area contributed by atoms with Crippen molar-refractivity contribution in [3.63, 3.8) is 0 Å². The monoisotopic (exact) mass is 471 g/mol. The van der Waals surface area contributed by atoms with Crippen LogP contribution in [0.4, 0.5) is 10.1 Å². The maximum atomic E-state index is 13.8. The van der Waals surface area contributed by atoms with Gasteiger partial charge in [-0.25, -0.2) is 4.39 Å². The van der Waals surface area contributed by atoms with Crippen LogP contribution in [0.5, 0.6) is 5.75 Å². The predicted octanol–water partition coefficient (Wildman–Crippen LogP) is 8.20. The summed E-state index contributed by atoms with van der Waals surface area (Å²) in [5, 5.41) is 0.614. The van der Waals surface area contributed by atoms with Gasteiger partial charge in [0, 0.05) is 20.7 Å². The highest BCUT2D eigenvalue weighted by atomic mass is 35.5. The van der Waals surface area contributed by atoms with Gasteiger partial charge >= 0.3 is 0 Å². The lowest BCUT2D eigenvalue weighted by atomic mass is 9.80. The smallest absolute Gasteiger partial charge is 0.134 e. The fraction of sp³-hybridized carbons (Fsp3) is 0.107. The number of fused-ring (bicyclic) bond motifs is 4. The Balaban J connectivity index is 1.62. The van der Waals surface area contributed by atoms with Crippen LogP contribution >= 0.6 is 23.4 Å². The number of benzene rings is 4. The highest BCUT2D eigenvalue weighted by Crippen LogP contribution is 2.55. The van der Waals surface area contributed by atoms with Crippen molar-refractivity contribution in [2.45, 2.75) is 16.2 Å². The van der Waals surface area contributed by atoms with Gasteiger partial charge in [0.1, 0.15) is 17.7 Å². The van der Waals surface area contributed by atoms with E-state index in [-0.39, 0.29) is 23.1 Å². The third-order valence-corrected chi connectivity index (χ3v) is 7.76. The highest BCUT2D eigenvalue weighted by Gasteiger charge is 2.44. The first-order valence-corrected chi connectivity index (χ1v) is 12.0. The largest absolute Gasteiger partial charge is 0.484 e. The third kappa shape index (κ3) is 3.73. The Morgan fingerprint density at radius 2 is 1.58 bits per heavy atom. The van der Waals surface area contributed by atoms with Crippen LogP contribution in [0.25, 0.3) is 0 Å². The van der Waals surface area contributed by atoms with Gasteiger partial charge in [-0.2, -0.15) is 0 Å². The van der Waals surface area contributed by atoms with Crippen LogP contribution in [-0.4, -0.2) is 5.71 Å². The molecular weight excluding hydrogens is 453 g/mol. The van der Waals surface area contributed by atoms with Crippen molar-refractivity contribution in [3.8, 4) is 5.75 Å². The summed E-state index contributed by atoms with van der Waals surface area (Å²) in [5.74, 6) is 0.477. The molecule has 0 saturated heterocycles. The summed E-state index contributed by atoms with van der Waals surface area (Å²) in [6.07, 6.45) is -0.243. The van der Waals surface area contributed by atoms with Crippen LogP contribution in [-0.2, 0) is 0 Å². The summed E-state index contributed by atoms with van der Waals surface area (Å²) in [6, 6.07) is 30.9. The zero-order valence-electron chi connectivity index (χ0n) is 17.5. The van der Waals surface area contributed by atoms with E-state index < -0.39 is 0 Å². The lowest BCUT2D eigenvalue weighted by Crippen LogP contribution is -2.35. The number of para-hydroxylation sites is 1. The van der Waals surface area contributed by atoms with Crippen molar-refractivity contribution >= 4 is 34.8 Å². The van der Waals surface area contributed by atoms with E-state index in [9.17, 15) is 4.39 Å². The van der Waals surface area contributed by atoms with Crippen molar-refractivity contribution in [1.29, 1.82) is 0 Å². The minimum Gasteiger partial charge on any atom is -0.484 e. The average molecular weight is 472 g/mol. The fourth-order valence-corrected chi connectivity index (χ4v) is 6.26. The molecule has 3 unspecified atom stereocenters. The maximum absolute atomic E-state index is 13.8. The van der Waals surface area contributed by atoms with E-state index in [0.717, 1.165) is 38.7 Å². The van der Waals surface area contributed by atoms with Crippen LogP contribution in [0.3, 0.4) is 0 Å². The Kier molecular flexibility index (Phi) is 5.20. The summed E-state index contributed by atoms with van der Waals surface area (Å²) >= 11 is 8.08. The molecule has 4 aromatic carbocycles. The molecule has 0 aromatic heterocycles. The Hall–Kier alpha value is -3.08. The predicted molar refractivity (Wildman–Crippen MR) is 132 cm³/mol. The first kappa shape index (κ1) is 20.5. The van der Waals surface area contributed by atoms with E-state index in [0.29, 0.717) is 5.02 Å². The van der Waals surface area contributed by atoms with Gasteiger partial charge in [-0.1, -0.05) is 66.2 Å². The van der Waals surface area contributed by atoms with E-state index in [4.69, 9.17) is 21.3 Å². The van der Waals surface area contributed by atoms with Gasteiger partial charge in [0.25, 0.3) is 0 Å². The molecule has 33 heavy (non-hydrogen) atoms. The van der Waals surface area contributed by atoms with E-state index in [1.807, 2.05) is 66.7 Å². The third-order valence-electron chi connectivity index (χ3n) is 6.13. The van der Waals surface area contributed by atoms with E-state index in [2.05, 4.69) is 18.2 Å². The number of hydrogen-bond acceptors (Lipinski definition) is 3. The molecule has 2 aliphatic heterocycles. The van der Waals surface area contributed by atoms with Gasteiger partial charge in [-0.05, 0) is 53.6 Å². The average Bonchev–Trinajstić information content (AvgIpc) is 3.02. The first-order valence-electron chi connectivity index (χ1n) is 10.8. The number of rotatable bonds is 2. The SMILES string of the molecule is Fc1ccc(C2Sc3cc(Cl)ccc3N=C3c4ccccc4OC(c4ccccc4)C32)cc1. The molecule has 0 spiro atoms. The standard InChI is InChI=1S/C28H19ClFNOS/c29-19-12-15-22-24(16-19)33-28(18-10-13-20(30)14-11-18)25-26(31-22)21-8-4-5-9-23(21)32-27(25)17-6-2-1-3-7-17/h1-16,25,27-28H. The topological polar surface area (TPSA) is 21.6 Å². The number of hydrogen-bond donors (Lipinski definition) is 0. The zero-order chi connectivity index (χ0) is 22.4. The molecule has 3 atom stereocenters. The Bertz CT molecular complexity index is 1360. The molecule has 0 saturated carbocycles. The van der Waals surface area contributed by atoms with Gasteiger partial charge in [0.05, 0.1) is 17.3 Å². The maximum Gasteiger partial charge on any atom is 0.134 e. The molecule has 2 heterocycles. The molecule has 4 aromatic rings. The molecule has 2 aliphatic rings. The minimum atomic E-state index is -0.250. The highest BCUT2D eigenvalue weighted by molar-refractivity contribution is 7.99. The van der Waals surface area contributed by atoms with Crippen LogP contribution in [0.1, 0.15) is 28.0 Å². The van der Waals surface area contributed by atoms with Crippen molar-refractivity contribution in [2.24, 2.45) is 10.9 Å². The minimum absolute atomic E-state index is 0.0531. The Morgan fingerprint density at radius 1 is 0.818 bits per heavy atom. The first-order chi connectivity index (χ1) is 16.2. The zero-order valence-corrected chi connectivity index (χ0v) is 19.1. The second-order valence-corrected chi connectivity index (χ2v) is 9.79. The van der Waals surface area contributed by atoms with Gasteiger partial charge in [0.15, 0.2) is 0 Å². The number of thioether (sulfide) groups is 1. The van der Waals surface area contributed by atoms with Gasteiger partial charge in [-0.15, -0.1) is 11.8 Å². The summed E-state index contributed by atoms with van der Waals surface area (Å²) < 4.78 is 20.5. The van der Waals surface area contributed by atoms with E-state index in [1.54, 1.807) is 11.8 Å². The molecule has 0 amide bonds. The quantitative estimate of drug-likeness (QED) is 0.294. The molecular formula is C28H19ClFNOS. The summed E-state index contributed by atoms with van der Waals surface area (Å²) in [6.45, 7) is 0. The lowest BCUT2D eigenvalue weighted by Gasteiger charge is -2.38. The van der Waals surface area contributed by atoms with Crippen molar-refractivity contribution in [1.82, 2.24) is 0 Å². The second kappa shape index (κ2) is 8.36. The Labute approximate surface area is 201 Å². The van der Waals surface area contributed by atoms with Gasteiger partial charge in [0.2, 0.25) is 0 Å². The van der Waals surface area contributed by atoms with Crippen LogP contribution in [0.2, 0.25) is 5.02 Å². The van der Waals surface area contributed by atoms with Crippen LogP contribution < -0.4 is 4.74 Å². The van der Waals surface area contributed by atoms with Crippen molar-refractivity contribution in [2.75, 3.05) is 0 Å². The summed E-state index contributed by atoms with van der Waals surface area (Å²) in [4.78, 5) is 6.20. The van der Waals surface area contributed by atoms with Crippen molar-refractivity contribution in [3.05, 3.63) is 125 Å². The molecule has 0 aliphatic carbocycles. The number of halogens is 2. The van der Waals surface area contributed by atoms with E-state index in [1.165, 1.54) is 12.1 Å². The number of ether oxygens (including phenoxy) is 1. The lowest BCUT2D eigenvalue weighted by molar-refractivity contribution is 0.156. The van der Waals surface area contributed by atoms with Crippen molar-refractivity contribution < 1.29 is 9.13 Å². The molecule has 0 radical (unpaired) electrons. The summed E-state index contributed by atoms with van der Waals surface area (Å²) in [5.41, 5.74) is 4.97. The molecule has 6 rings (SSSR count). The fourth-order valence-electron chi connectivity index (χ4n) is 4.61. The molecule has 0 N–H and O–H groups in total. The molecule has 2 nitrogen and oxygen atoms in total.